The van der Waals surface area contributed by atoms with Crippen molar-refractivity contribution in [3.63, 3.8) is 0 Å². The van der Waals surface area contributed by atoms with E-state index in [-0.39, 0.29) is 0 Å². The van der Waals surface area contributed by atoms with Crippen LogP contribution in [-0.2, 0) is 0 Å². The Morgan fingerprint density at radius 1 is 1.19 bits per heavy atom. The summed E-state index contributed by atoms with van der Waals surface area (Å²) in [6.45, 7) is 13.6. The third kappa shape index (κ3) is 6.43. The lowest BCUT2D eigenvalue weighted by atomic mass is 10.2. The number of nitrogens with one attached hydrogen (secondary N) is 1. The molecule has 0 atom stereocenters. The first kappa shape index (κ1) is 17.2. The number of anilines is 1. The van der Waals surface area contributed by atoms with Crippen LogP contribution in [0.2, 0.25) is 0 Å². The molecule has 1 N–H and O–H groups in total. The summed E-state index contributed by atoms with van der Waals surface area (Å²) in [4.78, 5) is 6.63. The van der Waals surface area contributed by atoms with E-state index in [1.807, 2.05) is 24.4 Å². The van der Waals surface area contributed by atoms with E-state index in [1.54, 1.807) is 0 Å². The third-order valence-corrected chi connectivity index (χ3v) is 3.46. The van der Waals surface area contributed by atoms with Crippen LogP contribution in [-0.4, -0.2) is 53.4 Å². The molecule has 1 aromatic heterocycles. The monoisotopic (exact) mass is 289 g/mol. The molecule has 0 aliphatic carbocycles. The Hall–Kier alpha value is -1.84. The molecule has 0 aliphatic heterocycles. The molecule has 0 aromatic carbocycles. The zero-order valence-electron chi connectivity index (χ0n) is 13.8. The Labute approximate surface area is 129 Å². The molecule has 4 nitrogen and oxygen atoms in total. The lowest BCUT2D eigenvalue weighted by molar-refractivity contribution is -0.515. The first-order valence-corrected chi connectivity index (χ1v) is 7.91. The Morgan fingerprint density at radius 3 is 2.43 bits per heavy atom. The Balaban J connectivity index is 2.83. The van der Waals surface area contributed by atoms with Gasteiger partial charge in [-0.2, -0.15) is 0 Å². The minimum absolute atomic E-state index is 0.782. The van der Waals surface area contributed by atoms with Crippen LogP contribution in [0.4, 0.5) is 5.82 Å². The first-order chi connectivity index (χ1) is 10.2. The molecule has 0 unspecified atom stereocenters. The van der Waals surface area contributed by atoms with E-state index < -0.39 is 0 Å². The fraction of sp³-hybridized carbons (Fsp3) is 0.529. The third-order valence-electron chi connectivity index (χ3n) is 3.46. The van der Waals surface area contributed by atoms with Gasteiger partial charge in [0.15, 0.2) is 6.21 Å². The highest BCUT2D eigenvalue weighted by Gasteiger charge is 2.05. The van der Waals surface area contributed by atoms with E-state index >= 15 is 0 Å². The zero-order valence-corrected chi connectivity index (χ0v) is 13.8. The smallest absolute Gasteiger partial charge is 0.169 e. The van der Waals surface area contributed by atoms with E-state index in [9.17, 15) is 0 Å². The van der Waals surface area contributed by atoms with Gasteiger partial charge in [-0.1, -0.05) is 6.07 Å². The van der Waals surface area contributed by atoms with Crippen molar-refractivity contribution in [3.05, 3.63) is 36.2 Å². The van der Waals surface area contributed by atoms with Gasteiger partial charge in [-0.15, -0.1) is 0 Å². The highest BCUT2D eigenvalue weighted by atomic mass is 15.1. The van der Waals surface area contributed by atoms with Crippen molar-refractivity contribution in [1.82, 2.24) is 9.88 Å². The van der Waals surface area contributed by atoms with Gasteiger partial charge >= 0.3 is 0 Å². The van der Waals surface area contributed by atoms with Crippen LogP contribution in [0.5, 0.6) is 0 Å². The maximum absolute atomic E-state index is 4.31. The van der Waals surface area contributed by atoms with Crippen molar-refractivity contribution in [2.24, 2.45) is 0 Å². The van der Waals surface area contributed by atoms with Crippen LogP contribution in [0.15, 0.2) is 36.2 Å². The van der Waals surface area contributed by atoms with E-state index in [0.29, 0.717) is 0 Å². The number of rotatable bonds is 9. The first-order valence-electron chi connectivity index (χ1n) is 7.91. The lowest BCUT2D eigenvalue weighted by Gasteiger charge is -2.17. The molecule has 0 aliphatic rings. The molecule has 1 aromatic rings. The summed E-state index contributed by atoms with van der Waals surface area (Å²) in [6.07, 6.45) is 6.30. The average Bonchev–Trinajstić information content (AvgIpc) is 2.55. The lowest BCUT2D eigenvalue weighted by Crippen LogP contribution is -2.21. The SMILES string of the molecule is CCN(C=C(C=[N+](CC)CC)CNc1ccccn1)CC. The molecule has 0 spiro atoms. The van der Waals surface area contributed by atoms with Crippen molar-refractivity contribution in [3.8, 4) is 0 Å². The standard InChI is InChI=1S/C17H29N4/c1-5-20(6-2)14-16(15-21(7-3)8-4)13-19-17-11-9-10-12-18-17/h9-12,14-15H,5-8,13H2,1-4H3,(H,18,19)/q+1. The second kappa shape index (κ2) is 9.97. The van der Waals surface area contributed by atoms with Crippen molar-refractivity contribution >= 4 is 12.0 Å². The maximum atomic E-state index is 4.31. The van der Waals surface area contributed by atoms with Gasteiger partial charge in [0.25, 0.3) is 0 Å². The molecule has 116 valence electrons. The van der Waals surface area contributed by atoms with Crippen LogP contribution < -0.4 is 5.32 Å². The van der Waals surface area contributed by atoms with Crippen LogP contribution in [0.25, 0.3) is 0 Å². The number of hydrogen-bond donors (Lipinski definition) is 1. The van der Waals surface area contributed by atoms with Crippen LogP contribution in [0.3, 0.4) is 0 Å². The molecule has 0 amide bonds. The van der Waals surface area contributed by atoms with Gasteiger partial charge < -0.3 is 10.2 Å². The second-order valence-corrected chi connectivity index (χ2v) is 4.84. The van der Waals surface area contributed by atoms with Crippen LogP contribution in [0.1, 0.15) is 27.7 Å². The summed E-state index contributed by atoms with van der Waals surface area (Å²) in [6, 6.07) is 5.92. The van der Waals surface area contributed by atoms with E-state index in [4.69, 9.17) is 0 Å². The highest BCUT2D eigenvalue weighted by Crippen LogP contribution is 2.03. The second-order valence-electron chi connectivity index (χ2n) is 4.84. The number of pyridine rings is 1. The number of aromatic nitrogens is 1. The normalized spacial score (nSPS) is 11.1. The zero-order chi connectivity index (χ0) is 15.5. The van der Waals surface area contributed by atoms with Crippen molar-refractivity contribution in [2.75, 3.05) is 38.0 Å². The average molecular weight is 289 g/mol. The fourth-order valence-electron chi connectivity index (χ4n) is 2.07. The number of hydrogen-bond acceptors (Lipinski definition) is 3. The maximum Gasteiger partial charge on any atom is 0.169 e. The van der Waals surface area contributed by atoms with Gasteiger partial charge in [0.1, 0.15) is 18.9 Å². The number of nitrogens with zero attached hydrogens (tertiary/aromatic N) is 3. The minimum Gasteiger partial charge on any atom is -0.377 e. The van der Waals surface area contributed by atoms with E-state index in [2.05, 4.69) is 59.9 Å². The molecule has 0 fully saturated rings. The predicted octanol–water partition coefficient (Wildman–Crippen LogP) is 2.84. The fourth-order valence-corrected chi connectivity index (χ4v) is 2.07. The van der Waals surface area contributed by atoms with Crippen molar-refractivity contribution < 1.29 is 4.58 Å². The quantitative estimate of drug-likeness (QED) is 0.560. The Bertz CT molecular complexity index is 441. The van der Waals surface area contributed by atoms with E-state index in [1.165, 1.54) is 5.57 Å². The van der Waals surface area contributed by atoms with Gasteiger partial charge in [0, 0.05) is 32.0 Å². The summed E-state index contributed by atoms with van der Waals surface area (Å²) in [7, 11) is 0. The molecule has 21 heavy (non-hydrogen) atoms. The molecule has 0 saturated carbocycles. The summed E-state index contributed by atoms with van der Waals surface area (Å²) >= 11 is 0. The van der Waals surface area contributed by atoms with E-state index in [0.717, 1.165) is 38.5 Å². The molecular formula is C17H29N4+. The van der Waals surface area contributed by atoms with Gasteiger partial charge in [0.05, 0.1) is 5.57 Å². The topological polar surface area (TPSA) is 31.2 Å². The predicted molar refractivity (Wildman–Crippen MR) is 91.1 cm³/mol. The van der Waals surface area contributed by atoms with Crippen molar-refractivity contribution in [2.45, 2.75) is 27.7 Å². The van der Waals surface area contributed by atoms with Gasteiger partial charge in [-0.3, -0.25) is 0 Å². The molecular weight excluding hydrogens is 260 g/mol. The minimum atomic E-state index is 0.782. The van der Waals surface area contributed by atoms with Crippen LogP contribution in [0, 0.1) is 0 Å². The van der Waals surface area contributed by atoms with Crippen molar-refractivity contribution in [1.29, 1.82) is 0 Å². The van der Waals surface area contributed by atoms with Gasteiger partial charge in [0.2, 0.25) is 0 Å². The Kier molecular flexibility index (Phi) is 8.17. The molecule has 4 heteroatoms. The van der Waals surface area contributed by atoms with Crippen LogP contribution >= 0.6 is 0 Å². The summed E-state index contributed by atoms with van der Waals surface area (Å²) in [5.41, 5.74) is 1.27. The largest absolute Gasteiger partial charge is 0.377 e. The summed E-state index contributed by atoms with van der Waals surface area (Å²) < 4.78 is 2.31. The van der Waals surface area contributed by atoms with Gasteiger partial charge in [-0.05, 0) is 39.8 Å². The summed E-state index contributed by atoms with van der Waals surface area (Å²) in [5, 5.41) is 3.39. The molecule has 0 bridgehead atoms. The molecule has 1 rings (SSSR count). The molecule has 1 heterocycles. The molecule has 0 saturated heterocycles. The summed E-state index contributed by atoms with van der Waals surface area (Å²) in [5.74, 6) is 0.913. The van der Waals surface area contributed by atoms with Gasteiger partial charge in [-0.25, -0.2) is 9.56 Å². The Morgan fingerprint density at radius 2 is 1.90 bits per heavy atom. The molecule has 0 radical (unpaired) electrons. The highest BCUT2D eigenvalue weighted by molar-refractivity contribution is 5.75.